The number of aliphatic hydroxyl groups is 1. The van der Waals surface area contributed by atoms with Crippen LogP contribution in [0.15, 0.2) is 18.6 Å². The van der Waals surface area contributed by atoms with Crippen LogP contribution in [-0.4, -0.2) is 45.6 Å². The van der Waals surface area contributed by atoms with Crippen LogP contribution >= 0.6 is 0 Å². The average molecular weight is 304 g/mol. The summed E-state index contributed by atoms with van der Waals surface area (Å²) in [5.74, 6) is 0.411. The SMILES string of the molecule is O=C(N[C@@H](CO)C(=O)NC1CC2CCC1C2)c1cnccn1. The molecule has 3 unspecified atom stereocenters. The highest BCUT2D eigenvalue weighted by atomic mass is 16.3. The minimum atomic E-state index is -0.964. The van der Waals surface area contributed by atoms with Crippen LogP contribution in [0.25, 0.3) is 0 Å². The summed E-state index contributed by atoms with van der Waals surface area (Å²) in [5, 5.41) is 14.9. The number of carbonyl (C=O) groups is 2. The molecule has 2 saturated carbocycles. The zero-order valence-electron chi connectivity index (χ0n) is 12.2. The number of nitrogens with zero attached hydrogens (tertiary/aromatic N) is 2. The van der Waals surface area contributed by atoms with Crippen LogP contribution in [-0.2, 0) is 4.79 Å². The Balaban J connectivity index is 1.56. The van der Waals surface area contributed by atoms with Gasteiger partial charge in [0.1, 0.15) is 11.7 Å². The molecule has 2 amide bonds. The molecule has 1 heterocycles. The van der Waals surface area contributed by atoms with Crippen LogP contribution in [0.3, 0.4) is 0 Å². The van der Waals surface area contributed by atoms with E-state index in [0.29, 0.717) is 5.92 Å². The van der Waals surface area contributed by atoms with Crippen LogP contribution < -0.4 is 10.6 Å². The van der Waals surface area contributed by atoms with E-state index in [1.54, 1.807) is 0 Å². The van der Waals surface area contributed by atoms with Crippen LogP contribution in [0.2, 0.25) is 0 Å². The predicted octanol–water partition coefficient (Wildman–Crippen LogP) is -0.128. The van der Waals surface area contributed by atoms with Crippen molar-refractivity contribution in [2.75, 3.05) is 6.61 Å². The molecule has 2 aliphatic rings. The van der Waals surface area contributed by atoms with Crippen molar-refractivity contribution in [3.8, 4) is 0 Å². The monoisotopic (exact) mass is 304 g/mol. The van der Waals surface area contributed by atoms with E-state index in [2.05, 4.69) is 20.6 Å². The van der Waals surface area contributed by atoms with Crippen molar-refractivity contribution in [2.24, 2.45) is 11.8 Å². The summed E-state index contributed by atoms with van der Waals surface area (Å²) in [5.41, 5.74) is 0.119. The van der Waals surface area contributed by atoms with Gasteiger partial charge in [-0.15, -0.1) is 0 Å². The maximum absolute atomic E-state index is 12.3. The molecule has 3 rings (SSSR count). The third kappa shape index (κ3) is 3.09. The van der Waals surface area contributed by atoms with Crippen LogP contribution in [0, 0.1) is 11.8 Å². The first-order valence-electron chi connectivity index (χ1n) is 7.65. The second-order valence-corrected chi connectivity index (χ2v) is 6.09. The van der Waals surface area contributed by atoms with Gasteiger partial charge < -0.3 is 15.7 Å². The van der Waals surface area contributed by atoms with Crippen LogP contribution in [0.4, 0.5) is 0 Å². The van der Waals surface area contributed by atoms with Gasteiger partial charge >= 0.3 is 0 Å². The third-order valence-corrected chi connectivity index (χ3v) is 4.67. The van der Waals surface area contributed by atoms with Crippen molar-refractivity contribution in [2.45, 2.75) is 37.8 Å². The molecular formula is C15H20N4O3. The van der Waals surface area contributed by atoms with Gasteiger partial charge in [-0.1, -0.05) is 6.42 Å². The highest BCUT2D eigenvalue weighted by Crippen LogP contribution is 2.44. The lowest BCUT2D eigenvalue weighted by atomic mass is 9.95. The Kier molecular flexibility index (Phi) is 4.33. The van der Waals surface area contributed by atoms with E-state index < -0.39 is 18.6 Å². The number of amides is 2. The molecule has 4 atom stereocenters. The largest absolute Gasteiger partial charge is 0.394 e. The van der Waals surface area contributed by atoms with Gasteiger partial charge in [0.15, 0.2) is 0 Å². The summed E-state index contributed by atoms with van der Waals surface area (Å²) in [7, 11) is 0. The number of carbonyl (C=O) groups excluding carboxylic acids is 2. The van der Waals surface area contributed by atoms with Crippen LogP contribution in [0.5, 0.6) is 0 Å². The highest BCUT2D eigenvalue weighted by molar-refractivity contribution is 5.95. The molecular weight excluding hydrogens is 284 g/mol. The van der Waals surface area contributed by atoms with E-state index in [1.807, 2.05) is 0 Å². The second kappa shape index (κ2) is 6.39. The zero-order chi connectivity index (χ0) is 15.5. The molecule has 118 valence electrons. The molecule has 22 heavy (non-hydrogen) atoms. The van der Waals surface area contributed by atoms with Gasteiger partial charge in [0, 0.05) is 18.4 Å². The number of aromatic nitrogens is 2. The summed E-state index contributed by atoms with van der Waals surface area (Å²) >= 11 is 0. The quantitative estimate of drug-likeness (QED) is 0.703. The summed E-state index contributed by atoms with van der Waals surface area (Å²) in [4.78, 5) is 31.9. The zero-order valence-corrected chi connectivity index (χ0v) is 12.2. The number of nitrogens with one attached hydrogen (secondary N) is 2. The average Bonchev–Trinajstić information content (AvgIpc) is 3.15. The molecule has 7 nitrogen and oxygen atoms in total. The summed E-state index contributed by atoms with van der Waals surface area (Å²) in [6.45, 7) is -0.446. The van der Waals surface area contributed by atoms with E-state index in [-0.39, 0.29) is 17.6 Å². The lowest BCUT2D eigenvalue weighted by Crippen LogP contribution is -2.52. The molecule has 1 aromatic heterocycles. The smallest absolute Gasteiger partial charge is 0.272 e. The molecule has 2 bridgehead atoms. The Morgan fingerprint density at radius 1 is 1.32 bits per heavy atom. The number of fused-ring (bicyclic) bond motifs is 2. The lowest BCUT2D eigenvalue weighted by Gasteiger charge is -2.25. The summed E-state index contributed by atoms with van der Waals surface area (Å²) in [6, 6.07) is -0.789. The van der Waals surface area contributed by atoms with Gasteiger partial charge in [0.2, 0.25) is 5.91 Å². The van der Waals surface area contributed by atoms with Crippen molar-refractivity contribution in [1.29, 1.82) is 0 Å². The van der Waals surface area contributed by atoms with Gasteiger partial charge in [-0.05, 0) is 31.1 Å². The Bertz CT molecular complexity index is 551. The molecule has 0 spiro atoms. The number of hydrogen-bond donors (Lipinski definition) is 3. The first kappa shape index (κ1) is 14.9. The minimum absolute atomic E-state index is 0.119. The lowest BCUT2D eigenvalue weighted by molar-refractivity contribution is -0.124. The van der Waals surface area contributed by atoms with Crippen molar-refractivity contribution < 1.29 is 14.7 Å². The standard InChI is InChI=1S/C15H20N4O3/c20-8-13(19-14(21)12-7-16-3-4-17-12)15(22)18-11-6-9-1-2-10(11)5-9/h3-4,7,9-11,13,20H,1-2,5-6,8H2,(H,18,22)(H,19,21)/t9?,10?,11?,13-/m0/s1. The van der Waals surface area contributed by atoms with Gasteiger partial charge in [0.25, 0.3) is 5.91 Å². The first-order valence-corrected chi connectivity index (χ1v) is 7.65. The predicted molar refractivity (Wildman–Crippen MR) is 77.8 cm³/mol. The fourth-order valence-corrected chi connectivity index (χ4v) is 3.55. The van der Waals surface area contributed by atoms with E-state index in [9.17, 15) is 14.7 Å². The Morgan fingerprint density at radius 2 is 2.18 bits per heavy atom. The van der Waals surface area contributed by atoms with Gasteiger partial charge in [-0.25, -0.2) is 4.98 Å². The molecule has 3 N–H and O–H groups in total. The molecule has 7 heteroatoms. The number of rotatable bonds is 5. The Morgan fingerprint density at radius 3 is 2.77 bits per heavy atom. The maximum Gasteiger partial charge on any atom is 0.272 e. The van der Waals surface area contributed by atoms with Gasteiger partial charge in [-0.2, -0.15) is 0 Å². The van der Waals surface area contributed by atoms with Gasteiger partial charge in [-0.3, -0.25) is 14.6 Å². The van der Waals surface area contributed by atoms with Crippen molar-refractivity contribution in [3.05, 3.63) is 24.3 Å². The van der Waals surface area contributed by atoms with Crippen molar-refractivity contribution in [1.82, 2.24) is 20.6 Å². The van der Waals surface area contributed by atoms with E-state index in [1.165, 1.54) is 31.4 Å². The molecule has 0 radical (unpaired) electrons. The molecule has 2 aliphatic carbocycles. The number of hydrogen-bond acceptors (Lipinski definition) is 5. The number of aliphatic hydroxyl groups excluding tert-OH is 1. The summed E-state index contributed by atoms with van der Waals surface area (Å²) in [6.07, 6.45) is 8.78. The third-order valence-electron chi connectivity index (χ3n) is 4.67. The fourth-order valence-electron chi connectivity index (χ4n) is 3.55. The summed E-state index contributed by atoms with van der Waals surface area (Å²) < 4.78 is 0. The molecule has 0 saturated heterocycles. The molecule has 0 aliphatic heterocycles. The van der Waals surface area contributed by atoms with Crippen molar-refractivity contribution in [3.63, 3.8) is 0 Å². The highest BCUT2D eigenvalue weighted by Gasteiger charge is 2.40. The first-order chi connectivity index (χ1) is 10.7. The maximum atomic E-state index is 12.3. The Hall–Kier alpha value is -2.02. The topological polar surface area (TPSA) is 104 Å². The second-order valence-electron chi connectivity index (χ2n) is 6.09. The minimum Gasteiger partial charge on any atom is -0.394 e. The van der Waals surface area contributed by atoms with E-state index in [0.717, 1.165) is 18.8 Å². The van der Waals surface area contributed by atoms with Gasteiger partial charge in [0.05, 0.1) is 12.8 Å². The fraction of sp³-hybridized carbons (Fsp3) is 0.600. The Labute approximate surface area is 128 Å². The van der Waals surface area contributed by atoms with E-state index >= 15 is 0 Å². The molecule has 1 aromatic rings. The molecule has 2 fully saturated rings. The normalized spacial score (nSPS) is 27.4. The molecule has 0 aromatic carbocycles. The van der Waals surface area contributed by atoms with Crippen LogP contribution in [0.1, 0.15) is 36.2 Å². The van der Waals surface area contributed by atoms with Crippen molar-refractivity contribution >= 4 is 11.8 Å². The van der Waals surface area contributed by atoms with E-state index in [4.69, 9.17) is 0 Å².